The van der Waals surface area contributed by atoms with Crippen LogP contribution in [0, 0.1) is 72.0 Å². The molecule has 105 heavy (non-hydrogen) atoms. The molecule has 1 aromatic heterocycles. The van der Waals surface area contributed by atoms with Gasteiger partial charge in [0.2, 0.25) is 11.8 Å². The largest absolute Gasteiger partial charge is 0.508 e. The van der Waals surface area contributed by atoms with Crippen LogP contribution < -0.4 is 16.8 Å². The molecule has 12 heteroatoms. The number of carbonyl (C=O) groups is 3. The van der Waals surface area contributed by atoms with Crippen LogP contribution in [0.25, 0.3) is 10.9 Å². The van der Waals surface area contributed by atoms with Crippen molar-refractivity contribution < 1.29 is 29.7 Å². The number of Topliss-reactive ketones (excluding diaryl/α,β-unsaturated/α-hetero) is 1. The van der Waals surface area contributed by atoms with Crippen molar-refractivity contribution in [1.82, 2.24) is 10.3 Å². The Morgan fingerprint density at radius 1 is 0.514 bits per heavy atom. The minimum atomic E-state index is -0.213. The zero-order chi connectivity index (χ0) is 81.0. The molecule has 2 amide bonds. The average Bonchev–Trinajstić information content (AvgIpc) is 1.70. The van der Waals surface area contributed by atoms with Gasteiger partial charge in [0.15, 0.2) is 5.78 Å². The van der Waals surface area contributed by atoms with E-state index >= 15 is 0 Å². The quantitative estimate of drug-likeness (QED) is 0.0127. The van der Waals surface area contributed by atoms with Gasteiger partial charge in [-0.15, -0.1) is 0 Å². The van der Waals surface area contributed by atoms with Gasteiger partial charge >= 0.3 is 0 Å². The molecule has 6 aromatic rings. The topological polar surface area (TPSA) is 216 Å². The third-order valence-electron chi connectivity index (χ3n) is 15.0. The minimum absolute atomic E-state index is 0.0729. The van der Waals surface area contributed by atoms with E-state index in [-0.39, 0.29) is 23.7 Å². The molecule has 2 heterocycles. The first-order chi connectivity index (χ1) is 49.1. The van der Waals surface area contributed by atoms with E-state index in [1.807, 2.05) is 91.1 Å². The standard InChI is InChI=1S/C12H15N.C12H16O.C11H16.C10H14O.C10H14.C8H18N2.C8H17NO.C8H13N.C5H11NO.C5H12O.C4H10O/c1-9(2)7-10-8-13-12-6-4-3-5-11(10)12;1-9(2)8-11-4-6-12(7-5-11)10(3)13;1-9(2)8-11-6-4-10(3)5-7-11;1-8(2)7-9-3-5-10(11)6-4-9;1-9(2)8-10-6-4-3-5-7-10;1-7(2)5-4-6-10-8(3)9;1-7(2)5-4-6-9-8(3)10;1-7(2)6-8-4-3-5-9-8;1-4(2)3-5(6)7;1-4(2)5(3)6;1-4(2)3-5/h3-6,8-9,13H,7H2,1-2H3;4-7,9H,8H2,1-3H3;4-7,9H,8H2,1-3H3;3-6,8,11H,7H2,1-2H3;3-7,9H,8H2,1-2H3;7H,4-6H2,1-3H3,(H2,9,10);7H,4-6H2,1-3H3,(H,9,10);4-5,7H,3,6H2,1-2H3;4H,3H2,1-2H3,(H2,6,7);4-6H,1-3H3;4-5H,3H2,1-2H3. The molecule has 0 saturated carbocycles. The maximum Gasteiger partial charge on any atom is 0.217 e. The number of aryl methyl sites for hydroxylation is 1. The number of phenolic OH excluding ortho intramolecular Hbond substituents is 1. The van der Waals surface area contributed by atoms with Gasteiger partial charge in [0.1, 0.15) is 5.75 Å². The molecule has 0 radical (unpaired) electrons. The van der Waals surface area contributed by atoms with Crippen LogP contribution >= 0.6 is 0 Å². The van der Waals surface area contributed by atoms with Crippen molar-refractivity contribution >= 4 is 40.6 Å². The molecular formula is C93H156N6O6. The summed E-state index contributed by atoms with van der Waals surface area (Å²) in [6, 6.07) is 43.2. The number of nitrogens with two attached hydrogens (primary N) is 2. The minimum Gasteiger partial charge on any atom is -0.508 e. The number of ketones is 1. The van der Waals surface area contributed by atoms with E-state index in [1.54, 1.807) is 32.9 Å². The maximum absolute atomic E-state index is 11.0. The van der Waals surface area contributed by atoms with Gasteiger partial charge in [0.05, 0.1) is 11.9 Å². The van der Waals surface area contributed by atoms with Crippen LogP contribution in [0.2, 0.25) is 0 Å². The summed E-state index contributed by atoms with van der Waals surface area (Å²) in [6.45, 7) is 58.3. The van der Waals surface area contributed by atoms with Crippen LogP contribution in [-0.4, -0.2) is 75.8 Å². The summed E-state index contributed by atoms with van der Waals surface area (Å²) in [5, 5.41) is 29.9. The summed E-state index contributed by atoms with van der Waals surface area (Å²) < 4.78 is 0. The highest BCUT2D eigenvalue weighted by atomic mass is 16.3. The number of rotatable bonds is 25. The molecule has 9 N–H and O–H groups in total. The number of aromatic hydroxyl groups is 1. The van der Waals surface area contributed by atoms with E-state index in [9.17, 15) is 14.4 Å². The number of aliphatic hydroxyl groups is 2. The number of aliphatic hydroxyl groups excluding tert-OH is 2. The zero-order valence-electron chi connectivity index (χ0n) is 71.5. The van der Waals surface area contributed by atoms with Crippen LogP contribution in [0.1, 0.15) is 269 Å². The number of hydrogen-bond acceptors (Lipinski definition) is 8. The second-order valence-corrected chi connectivity index (χ2v) is 32.3. The van der Waals surface area contributed by atoms with Crippen LogP contribution in [0.4, 0.5) is 0 Å². The fourth-order valence-electron chi connectivity index (χ4n) is 9.37. The number of amidine groups is 1. The summed E-state index contributed by atoms with van der Waals surface area (Å²) in [7, 11) is 0. The normalized spacial score (nSPS) is 11.5. The Balaban J connectivity index is -0.000000539. The number of fused-ring (bicyclic) bond motifs is 1. The molecule has 594 valence electrons. The van der Waals surface area contributed by atoms with Crippen molar-refractivity contribution in [3.63, 3.8) is 0 Å². The van der Waals surface area contributed by atoms with Gasteiger partial charge in [-0.2, -0.15) is 0 Å². The summed E-state index contributed by atoms with van der Waals surface area (Å²) >= 11 is 0. The molecule has 0 spiro atoms. The van der Waals surface area contributed by atoms with E-state index in [2.05, 4.69) is 229 Å². The monoisotopic (exact) mass is 1450 g/mol. The Kier molecular flexibility index (Phi) is 64.7. The first kappa shape index (κ1) is 104. The van der Waals surface area contributed by atoms with E-state index in [4.69, 9.17) is 26.8 Å². The van der Waals surface area contributed by atoms with Gasteiger partial charge in [-0.05, 0) is 203 Å². The number of hydrogen-bond donors (Lipinski definition) is 7. The second kappa shape index (κ2) is 65.2. The number of aromatic nitrogens is 1. The molecule has 0 aliphatic carbocycles. The third kappa shape index (κ3) is 72.2. The number of aromatic amines is 1. The molecule has 1 atom stereocenters. The highest BCUT2D eigenvalue weighted by molar-refractivity contribution is 5.94. The van der Waals surface area contributed by atoms with Gasteiger partial charge in [-0.25, -0.2) is 0 Å². The number of phenols is 1. The molecule has 1 aliphatic heterocycles. The van der Waals surface area contributed by atoms with Crippen molar-refractivity contribution in [1.29, 1.82) is 0 Å². The number of aliphatic imine (C=N–C) groups is 2. The third-order valence-corrected chi connectivity index (χ3v) is 15.0. The van der Waals surface area contributed by atoms with Crippen LogP contribution in [0.5, 0.6) is 5.75 Å². The van der Waals surface area contributed by atoms with Gasteiger partial charge < -0.3 is 37.1 Å². The molecule has 12 nitrogen and oxygen atoms in total. The Morgan fingerprint density at radius 3 is 1.28 bits per heavy atom. The summed E-state index contributed by atoms with van der Waals surface area (Å²) in [5.74, 6) is 8.16. The number of H-pyrrole nitrogens is 1. The maximum atomic E-state index is 11.0. The number of amides is 2. The fraction of sp³-hybridized carbons (Fsp3) is 0.581. The summed E-state index contributed by atoms with van der Waals surface area (Å²) in [5.41, 5.74) is 21.8. The average molecular weight is 1450 g/mol. The molecular weight excluding hydrogens is 1300 g/mol. The Morgan fingerprint density at radius 2 is 0.924 bits per heavy atom. The molecule has 1 unspecified atom stereocenters. The number of carbonyl (C=O) groups excluding carboxylic acids is 3. The summed E-state index contributed by atoms with van der Waals surface area (Å²) in [6.07, 6.45) is 19.2. The summed E-state index contributed by atoms with van der Waals surface area (Å²) in [4.78, 5) is 43.0. The highest BCUT2D eigenvalue weighted by Crippen LogP contribution is 2.21. The predicted molar refractivity (Wildman–Crippen MR) is 460 cm³/mol. The van der Waals surface area contributed by atoms with Gasteiger partial charge in [0, 0.05) is 74.0 Å². The Hall–Kier alpha value is -7.15. The highest BCUT2D eigenvalue weighted by Gasteiger charge is 2.06. The predicted octanol–water partition coefficient (Wildman–Crippen LogP) is 23.0. The smallest absolute Gasteiger partial charge is 0.217 e. The lowest BCUT2D eigenvalue weighted by Gasteiger charge is -2.04. The molecule has 0 saturated heterocycles. The molecule has 5 aromatic carbocycles. The van der Waals surface area contributed by atoms with Crippen molar-refractivity contribution in [2.45, 2.75) is 270 Å². The lowest BCUT2D eigenvalue weighted by atomic mass is 10.0. The van der Waals surface area contributed by atoms with Crippen LogP contribution in [0.15, 0.2) is 155 Å². The number of primary amides is 1. The lowest BCUT2D eigenvalue weighted by Crippen LogP contribution is -2.21. The first-order valence-corrected chi connectivity index (χ1v) is 39.4. The van der Waals surface area contributed by atoms with Crippen molar-refractivity contribution in [3.05, 3.63) is 184 Å². The Bertz CT molecular complexity index is 3050. The second-order valence-electron chi connectivity index (χ2n) is 32.3. The number of allylic oxidation sites excluding steroid dienone is 2. The number of nitrogens with one attached hydrogen (secondary N) is 2. The van der Waals surface area contributed by atoms with E-state index < -0.39 is 0 Å². The van der Waals surface area contributed by atoms with E-state index in [0.717, 1.165) is 99.1 Å². The zero-order valence-corrected chi connectivity index (χ0v) is 71.5. The first-order valence-electron chi connectivity index (χ1n) is 39.4. The number of benzene rings is 5. The van der Waals surface area contributed by atoms with Crippen molar-refractivity contribution in [3.8, 4) is 5.75 Å². The number of para-hydroxylation sites is 1. The van der Waals surface area contributed by atoms with Crippen molar-refractivity contribution in [2.75, 3.05) is 19.7 Å². The lowest BCUT2D eigenvalue weighted by molar-refractivity contribution is -0.119. The molecule has 0 bridgehead atoms. The van der Waals surface area contributed by atoms with E-state index in [1.165, 1.54) is 75.7 Å². The van der Waals surface area contributed by atoms with Crippen LogP contribution in [0.3, 0.4) is 0 Å². The Labute approximate surface area is 643 Å². The van der Waals surface area contributed by atoms with Gasteiger partial charge in [-0.3, -0.25) is 24.4 Å². The molecule has 1 aliphatic rings. The van der Waals surface area contributed by atoms with Crippen LogP contribution in [-0.2, 0) is 41.7 Å². The number of nitrogens with zero attached hydrogens (tertiary/aromatic N) is 2. The SMILES string of the molecule is CC(=O)NCCCC(C)C.CC(=O)c1ccc(CC(C)C)cc1.CC(C)C(C)O.CC(C)CC(N)=O.CC(C)CC1=CCC=N1.CC(C)CO.CC(C)Cc1c[nH]c2ccccc12.CC(C)Cc1ccc(O)cc1.CC(C)Cc1ccccc1.CC(N)=NCCCC(C)C.Cc1ccc(CC(C)C)cc1. The molecule has 0 fully saturated rings. The van der Waals surface area contributed by atoms with Gasteiger partial charge in [-0.1, -0.05) is 273 Å². The fourth-order valence-corrected chi connectivity index (χ4v) is 9.37. The van der Waals surface area contributed by atoms with Gasteiger partial charge in [0.25, 0.3) is 0 Å². The molecule has 7 rings (SSSR count). The van der Waals surface area contributed by atoms with E-state index in [0.29, 0.717) is 54.2 Å². The van der Waals surface area contributed by atoms with Crippen molar-refractivity contribution in [2.24, 2.45) is 86.5 Å².